The van der Waals surface area contributed by atoms with Crippen molar-refractivity contribution in [1.29, 1.82) is 0 Å². The van der Waals surface area contributed by atoms with Crippen LogP contribution in [-0.2, 0) is 9.63 Å². The molecule has 1 amide bonds. The summed E-state index contributed by atoms with van der Waals surface area (Å²) in [7, 11) is 0. The van der Waals surface area contributed by atoms with Crippen molar-refractivity contribution in [2.24, 2.45) is 0 Å². The van der Waals surface area contributed by atoms with Crippen LogP contribution in [0.3, 0.4) is 0 Å². The Morgan fingerprint density at radius 2 is 2.06 bits per heavy atom. The lowest BCUT2D eigenvalue weighted by Gasteiger charge is -2.28. The Labute approximate surface area is 111 Å². The summed E-state index contributed by atoms with van der Waals surface area (Å²) in [6.45, 7) is 4.66. The van der Waals surface area contributed by atoms with Crippen LogP contribution in [0.2, 0.25) is 5.02 Å². The topological polar surface area (TPSA) is 38.8 Å². The molecule has 0 aromatic heterocycles. The first-order chi connectivity index (χ1) is 8.49. The van der Waals surface area contributed by atoms with Crippen LogP contribution < -0.4 is 4.74 Å². The summed E-state index contributed by atoms with van der Waals surface area (Å²) in [5.41, 5.74) is -0.960. The second kappa shape index (κ2) is 5.16. The number of benzene rings is 1. The number of hydroxylamine groups is 2. The van der Waals surface area contributed by atoms with E-state index in [-0.39, 0.29) is 5.91 Å². The van der Waals surface area contributed by atoms with Gasteiger partial charge in [0.25, 0.3) is 5.91 Å². The molecule has 0 radical (unpaired) electrons. The minimum atomic E-state index is -0.960. The van der Waals surface area contributed by atoms with Gasteiger partial charge in [0.1, 0.15) is 5.75 Å². The van der Waals surface area contributed by atoms with Gasteiger partial charge >= 0.3 is 0 Å². The largest absolute Gasteiger partial charge is 0.478 e. The molecule has 98 valence electrons. The van der Waals surface area contributed by atoms with E-state index in [0.717, 1.165) is 6.42 Å². The van der Waals surface area contributed by atoms with Gasteiger partial charge in [-0.15, -0.1) is 0 Å². The van der Waals surface area contributed by atoms with Gasteiger partial charge in [-0.1, -0.05) is 11.6 Å². The lowest BCUT2D eigenvalue weighted by Crippen LogP contribution is -2.47. The third kappa shape index (κ3) is 2.94. The number of amides is 1. The van der Waals surface area contributed by atoms with E-state index in [9.17, 15) is 4.79 Å². The summed E-state index contributed by atoms with van der Waals surface area (Å²) < 4.78 is 5.70. The normalized spacial score (nSPS) is 15.8. The smallest absolute Gasteiger partial charge is 0.289 e. The minimum Gasteiger partial charge on any atom is -0.478 e. The van der Waals surface area contributed by atoms with E-state index in [2.05, 4.69) is 0 Å². The Kier molecular flexibility index (Phi) is 3.78. The number of halogens is 1. The standard InChI is InChI=1S/C13H16ClNO3/c1-13(2,12(16)15-8-3-9-17-15)18-11-6-4-10(14)5-7-11/h4-7H,3,8-9H2,1-2H3. The maximum Gasteiger partial charge on any atom is 0.289 e. The maximum absolute atomic E-state index is 12.2. The number of carbonyl (C=O) groups is 1. The molecule has 2 rings (SSSR count). The van der Waals surface area contributed by atoms with Crippen LogP contribution in [0.15, 0.2) is 24.3 Å². The van der Waals surface area contributed by atoms with Gasteiger partial charge in [0.2, 0.25) is 0 Å². The minimum absolute atomic E-state index is 0.171. The molecule has 1 aromatic rings. The molecule has 1 aliphatic rings. The number of carbonyl (C=O) groups excluding carboxylic acids is 1. The first-order valence-corrected chi connectivity index (χ1v) is 6.26. The Morgan fingerprint density at radius 1 is 1.39 bits per heavy atom. The zero-order valence-corrected chi connectivity index (χ0v) is 11.2. The summed E-state index contributed by atoms with van der Waals surface area (Å²) >= 11 is 5.80. The quantitative estimate of drug-likeness (QED) is 0.847. The van der Waals surface area contributed by atoms with Crippen molar-refractivity contribution in [3.8, 4) is 5.75 Å². The molecular formula is C13H16ClNO3. The zero-order chi connectivity index (χ0) is 13.2. The van der Waals surface area contributed by atoms with E-state index in [1.165, 1.54) is 5.06 Å². The summed E-state index contributed by atoms with van der Waals surface area (Å²) in [6.07, 6.45) is 0.864. The monoisotopic (exact) mass is 269 g/mol. The summed E-state index contributed by atoms with van der Waals surface area (Å²) in [4.78, 5) is 17.4. The molecule has 0 atom stereocenters. The fourth-order valence-electron chi connectivity index (χ4n) is 1.75. The van der Waals surface area contributed by atoms with Crippen molar-refractivity contribution >= 4 is 17.5 Å². The van der Waals surface area contributed by atoms with E-state index in [4.69, 9.17) is 21.2 Å². The third-order valence-electron chi connectivity index (χ3n) is 2.68. The van der Waals surface area contributed by atoms with Crippen molar-refractivity contribution in [3.05, 3.63) is 29.3 Å². The molecule has 0 unspecified atom stereocenters. The predicted molar refractivity (Wildman–Crippen MR) is 68.4 cm³/mol. The molecular weight excluding hydrogens is 254 g/mol. The van der Waals surface area contributed by atoms with Gasteiger partial charge in [-0.25, -0.2) is 5.06 Å². The lowest BCUT2D eigenvalue weighted by atomic mass is 10.1. The summed E-state index contributed by atoms with van der Waals surface area (Å²) in [5, 5.41) is 2.00. The van der Waals surface area contributed by atoms with Crippen LogP contribution >= 0.6 is 11.6 Å². The predicted octanol–water partition coefficient (Wildman–Crippen LogP) is 2.66. The lowest BCUT2D eigenvalue weighted by molar-refractivity contribution is -0.183. The third-order valence-corrected chi connectivity index (χ3v) is 2.93. The van der Waals surface area contributed by atoms with Gasteiger partial charge in [-0.2, -0.15) is 0 Å². The van der Waals surface area contributed by atoms with Crippen LogP contribution in [0.25, 0.3) is 0 Å². The second-order valence-corrected chi connectivity index (χ2v) is 5.10. The average Bonchev–Trinajstić information content (AvgIpc) is 2.84. The molecule has 0 spiro atoms. The molecule has 1 saturated heterocycles. The van der Waals surface area contributed by atoms with Gasteiger partial charge in [0.15, 0.2) is 5.60 Å². The highest BCUT2D eigenvalue weighted by molar-refractivity contribution is 6.30. The second-order valence-electron chi connectivity index (χ2n) is 4.66. The molecule has 1 aromatic carbocycles. The van der Waals surface area contributed by atoms with E-state index in [0.29, 0.717) is 23.9 Å². The van der Waals surface area contributed by atoms with Gasteiger partial charge in [0, 0.05) is 5.02 Å². The van der Waals surface area contributed by atoms with Crippen LogP contribution in [0.5, 0.6) is 5.75 Å². The van der Waals surface area contributed by atoms with Crippen molar-refractivity contribution < 1.29 is 14.4 Å². The molecule has 5 heteroatoms. The SMILES string of the molecule is CC(C)(Oc1ccc(Cl)cc1)C(=O)N1CCCO1. The van der Waals surface area contributed by atoms with Crippen LogP contribution in [0, 0.1) is 0 Å². The number of ether oxygens (including phenoxy) is 1. The van der Waals surface area contributed by atoms with Gasteiger partial charge < -0.3 is 4.74 Å². The Balaban J connectivity index is 2.05. The molecule has 1 fully saturated rings. The molecule has 4 nitrogen and oxygen atoms in total. The Hall–Kier alpha value is -1.26. The number of hydrogen-bond acceptors (Lipinski definition) is 3. The van der Waals surface area contributed by atoms with Gasteiger partial charge in [0.05, 0.1) is 13.2 Å². The van der Waals surface area contributed by atoms with Crippen molar-refractivity contribution in [2.75, 3.05) is 13.2 Å². The average molecular weight is 270 g/mol. The molecule has 0 N–H and O–H groups in total. The van der Waals surface area contributed by atoms with Gasteiger partial charge in [-0.3, -0.25) is 9.63 Å². The Bertz CT molecular complexity index is 424. The first-order valence-electron chi connectivity index (χ1n) is 5.88. The number of rotatable bonds is 3. The number of hydrogen-bond donors (Lipinski definition) is 0. The maximum atomic E-state index is 12.2. The highest BCUT2D eigenvalue weighted by atomic mass is 35.5. The van der Waals surface area contributed by atoms with Crippen molar-refractivity contribution in [3.63, 3.8) is 0 Å². The van der Waals surface area contributed by atoms with E-state index < -0.39 is 5.60 Å². The van der Waals surface area contributed by atoms with Crippen LogP contribution in [0.1, 0.15) is 20.3 Å². The fraction of sp³-hybridized carbons (Fsp3) is 0.462. The fourth-order valence-corrected chi connectivity index (χ4v) is 1.87. The highest BCUT2D eigenvalue weighted by Gasteiger charge is 2.36. The molecule has 0 saturated carbocycles. The molecule has 18 heavy (non-hydrogen) atoms. The zero-order valence-electron chi connectivity index (χ0n) is 10.5. The summed E-state index contributed by atoms with van der Waals surface area (Å²) in [5.74, 6) is 0.437. The van der Waals surface area contributed by atoms with Crippen molar-refractivity contribution in [1.82, 2.24) is 5.06 Å². The molecule has 1 heterocycles. The summed E-state index contributed by atoms with van der Waals surface area (Å²) in [6, 6.07) is 6.93. The number of nitrogens with zero attached hydrogens (tertiary/aromatic N) is 1. The van der Waals surface area contributed by atoms with E-state index >= 15 is 0 Å². The van der Waals surface area contributed by atoms with Crippen molar-refractivity contribution in [2.45, 2.75) is 25.9 Å². The van der Waals surface area contributed by atoms with Gasteiger partial charge in [-0.05, 0) is 44.5 Å². The van der Waals surface area contributed by atoms with Crippen LogP contribution in [0.4, 0.5) is 0 Å². The van der Waals surface area contributed by atoms with E-state index in [1.807, 2.05) is 0 Å². The van der Waals surface area contributed by atoms with Crippen LogP contribution in [-0.4, -0.2) is 29.7 Å². The molecule has 0 bridgehead atoms. The highest BCUT2D eigenvalue weighted by Crippen LogP contribution is 2.23. The first kappa shape index (κ1) is 13.2. The van der Waals surface area contributed by atoms with E-state index in [1.54, 1.807) is 38.1 Å². The molecule has 1 aliphatic heterocycles. The molecule has 0 aliphatic carbocycles. The Morgan fingerprint density at radius 3 is 2.61 bits per heavy atom.